The molecule has 0 aromatic heterocycles. The highest BCUT2D eigenvalue weighted by Crippen LogP contribution is 2.35. The third-order valence-electron chi connectivity index (χ3n) is 7.47. The number of carbonyl (C=O) groups excluding carboxylic acids is 1. The Bertz CT molecular complexity index is 1070. The predicted octanol–water partition coefficient (Wildman–Crippen LogP) is 4.06. The number of hydrogen-bond donors (Lipinski definition) is 3. The van der Waals surface area contributed by atoms with E-state index in [2.05, 4.69) is 4.99 Å². The second-order valence-corrected chi connectivity index (χ2v) is 9.81. The van der Waals surface area contributed by atoms with E-state index < -0.39 is 17.6 Å². The predicted molar refractivity (Wildman–Crippen MR) is 134 cm³/mol. The number of anilines is 1. The molecule has 34 heavy (non-hydrogen) atoms. The van der Waals surface area contributed by atoms with Gasteiger partial charge in [0.1, 0.15) is 12.0 Å². The monoisotopic (exact) mass is 466 g/mol. The molecule has 6 nitrogen and oxygen atoms in total. The quantitative estimate of drug-likeness (QED) is 0.422. The molecule has 0 amide bonds. The first-order valence-electron chi connectivity index (χ1n) is 12.2. The Hall–Kier alpha value is -2.61. The molecule has 7 heteroatoms. The number of nitrogens with two attached hydrogens (primary N) is 2. The fourth-order valence-corrected chi connectivity index (χ4v) is 5.06. The molecule has 1 aliphatic heterocycles. The van der Waals surface area contributed by atoms with Crippen molar-refractivity contribution in [3.05, 3.63) is 53.3 Å². The number of rotatable bonds is 7. The highest BCUT2D eigenvalue weighted by atomic mass is 19.1. The Labute approximate surface area is 200 Å². The van der Waals surface area contributed by atoms with E-state index in [0.29, 0.717) is 30.8 Å². The van der Waals surface area contributed by atoms with Crippen LogP contribution in [0, 0.1) is 11.7 Å². The van der Waals surface area contributed by atoms with Crippen LogP contribution in [0.4, 0.5) is 10.1 Å². The molecule has 4 rings (SSSR count). The maximum atomic E-state index is 15.1. The number of nitrogen functional groups attached to an aromatic ring is 1. The topological polar surface area (TPSA) is 105 Å². The first-order valence-corrected chi connectivity index (χ1v) is 12.2. The number of aliphatic imine (C=N–C) groups is 1. The summed E-state index contributed by atoms with van der Waals surface area (Å²) in [5, 5.41) is 11.0. The van der Waals surface area contributed by atoms with Crippen LogP contribution in [0.5, 0.6) is 0 Å². The highest BCUT2D eigenvalue weighted by Gasteiger charge is 2.40. The maximum Gasteiger partial charge on any atom is 0.152 e. The number of benzene rings is 2. The van der Waals surface area contributed by atoms with Gasteiger partial charge in [0.15, 0.2) is 5.78 Å². The van der Waals surface area contributed by atoms with E-state index in [4.69, 9.17) is 11.5 Å². The average Bonchev–Trinajstić information content (AvgIpc) is 3.04. The van der Waals surface area contributed by atoms with Gasteiger partial charge in [-0.05, 0) is 67.7 Å². The van der Waals surface area contributed by atoms with Crippen molar-refractivity contribution >= 4 is 17.7 Å². The Morgan fingerprint density at radius 1 is 1.21 bits per heavy atom. The summed E-state index contributed by atoms with van der Waals surface area (Å²) in [6.45, 7) is 1.28. The Kier molecular flexibility index (Phi) is 7.45. The molecule has 2 atom stereocenters. The normalized spacial score (nSPS) is 21.7. The molecule has 1 saturated heterocycles. The summed E-state index contributed by atoms with van der Waals surface area (Å²) >= 11 is 0. The molecule has 0 spiro atoms. The van der Waals surface area contributed by atoms with Crippen molar-refractivity contribution in [2.75, 3.05) is 25.9 Å². The summed E-state index contributed by atoms with van der Waals surface area (Å²) in [7, 11) is 1.68. The lowest BCUT2D eigenvalue weighted by Gasteiger charge is -2.37. The highest BCUT2D eigenvalue weighted by molar-refractivity contribution is 5.89. The van der Waals surface area contributed by atoms with E-state index in [-0.39, 0.29) is 17.3 Å². The molecule has 1 heterocycles. The summed E-state index contributed by atoms with van der Waals surface area (Å²) in [6.07, 6.45) is 6.37. The smallest absolute Gasteiger partial charge is 0.152 e. The number of aliphatic hydroxyl groups is 1. The van der Waals surface area contributed by atoms with Crippen LogP contribution in [0.2, 0.25) is 0 Å². The van der Waals surface area contributed by atoms with E-state index in [1.54, 1.807) is 25.4 Å². The molecule has 5 N–H and O–H groups in total. The van der Waals surface area contributed by atoms with E-state index in [9.17, 15) is 9.90 Å². The van der Waals surface area contributed by atoms with Crippen molar-refractivity contribution in [1.29, 1.82) is 0 Å². The largest absolute Gasteiger partial charge is 0.398 e. The van der Waals surface area contributed by atoms with Crippen LogP contribution in [0.3, 0.4) is 0 Å². The van der Waals surface area contributed by atoms with Crippen molar-refractivity contribution in [2.24, 2.45) is 16.6 Å². The molecular formula is C27H35FN4O2. The van der Waals surface area contributed by atoms with Gasteiger partial charge in [-0.25, -0.2) is 4.39 Å². The van der Waals surface area contributed by atoms with Gasteiger partial charge in [-0.15, -0.1) is 0 Å². The molecule has 2 fully saturated rings. The third-order valence-corrected chi connectivity index (χ3v) is 7.47. The summed E-state index contributed by atoms with van der Waals surface area (Å²) in [5.41, 5.74) is 14.8. The maximum absolute atomic E-state index is 15.1. The van der Waals surface area contributed by atoms with Gasteiger partial charge in [-0.1, -0.05) is 24.3 Å². The minimum absolute atomic E-state index is 0.176. The van der Waals surface area contributed by atoms with Crippen molar-refractivity contribution in [1.82, 2.24) is 4.90 Å². The number of halogens is 1. The number of Topliss-reactive ketones (excluding diaryl/α,β-unsaturated/α-hetero) is 1. The molecule has 1 aliphatic carbocycles. The number of likely N-dealkylation sites (tertiary alicyclic amines) is 1. The molecule has 1 saturated carbocycles. The zero-order valence-electron chi connectivity index (χ0n) is 19.8. The lowest BCUT2D eigenvalue weighted by Crippen LogP contribution is -2.54. The zero-order valence-corrected chi connectivity index (χ0v) is 19.8. The molecule has 2 aromatic rings. The first kappa shape index (κ1) is 24.5. The summed E-state index contributed by atoms with van der Waals surface area (Å²) in [4.78, 5) is 18.5. The fraction of sp³-hybridized carbons (Fsp3) is 0.481. The van der Waals surface area contributed by atoms with E-state index >= 15 is 4.39 Å². The van der Waals surface area contributed by atoms with Crippen LogP contribution < -0.4 is 11.5 Å². The summed E-state index contributed by atoms with van der Waals surface area (Å²) in [6, 6.07) is 10.4. The molecule has 182 valence electrons. The van der Waals surface area contributed by atoms with Crippen LogP contribution >= 0.6 is 0 Å². The van der Waals surface area contributed by atoms with Gasteiger partial charge in [-0.2, -0.15) is 0 Å². The number of carbonyl (C=O) groups is 1. The van der Waals surface area contributed by atoms with Gasteiger partial charge < -0.3 is 16.6 Å². The fourth-order valence-electron chi connectivity index (χ4n) is 5.06. The Morgan fingerprint density at radius 2 is 1.94 bits per heavy atom. The Morgan fingerprint density at radius 3 is 2.59 bits per heavy atom. The van der Waals surface area contributed by atoms with Gasteiger partial charge in [0.05, 0.1) is 5.54 Å². The molecule has 2 aromatic carbocycles. The van der Waals surface area contributed by atoms with E-state index in [1.807, 2.05) is 23.1 Å². The number of aliphatic hydroxyl groups excluding tert-OH is 1. The van der Waals surface area contributed by atoms with Gasteiger partial charge in [0, 0.05) is 49.6 Å². The second-order valence-electron chi connectivity index (χ2n) is 9.81. The Balaban J connectivity index is 1.41. The third kappa shape index (κ3) is 5.22. The van der Waals surface area contributed by atoms with Crippen molar-refractivity contribution in [3.8, 4) is 11.1 Å². The van der Waals surface area contributed by atoms with Crippen molar-refractivity contribution < 1.29 is 14.3 Å². The average molecular weight is 467 g/mol. The van der Waals surface area contributed by atoms with Crippen LogP contribution in [0.25, 0.3) is 11.1 Å². The molecule has 0 radical (unpaired) electrons. The minimum atomic E-state index is -1.02. The molecule has 2 aliphatic rings. The standard InChI is InChI=1S/C27H35FN4O2/c1-31-17-21-6-5-20(16-24(21)29)19-7-8-22(23(28)15-19)26(34)32-12-2-4-18(9-13-32)14-25(33)27(30)10-3-11-27/h5-8,15-18,26,34H,2-4,9-14,29-30H2,1H3. The first-order chi connectivity index (χ1) is 16.3. The SMILES string of the molecule is CN=Cc1ccc(-c2ccc(C(O)N3CCCC(CC(=O)C4(N)CCC4)CC3)c(F)c2)cc1N. The minimum Gasteiger partial charge on any atom is -0.398 e. The van der Waals surface area contributed by atoms with Crippen molar-refractivity contribution in [2.45, 2.75) is 56.7 Å². The van der Waals surface area contributed by atoms with Gasteiger partial charge in [0.25, 0.3) is 0 Å². The lowest BCUT2D eigenvalue weighted by molar-refractivity contribution is -0.128. The van der Waals surface area contributed by atoms with Crippen LogP contribution in [-0.2, 0) is 4.79 Å². The number of ketones is 1. The lowest BCUT2D eigenvalue weighted by atomic mass is 9.72. The molecule has 0 bridgehead atoms. The van der Waals surface area contributed by atoms with Crippen LogP contribution in [-0.4, -0.2) is 47.7 Å². The summed E-state index contributed by atoms with van der Waals surface area (Å²) < 4.78 is 15.1. The number of nitrogens with zero attached hydrogens (tertiary/aromatic N) is 2. The summed E-state index contributed by atoms with van der Waals surface area (Å²) in [5.74, 6) is -0.00652. The van der Waals surface area contributed by atoms with Crippen molar-refractivity contribution in [3.63, 3.8) is 0 Å². The van der Waals surface area contributed by atoms with Crippen LogP contribution in [0.1, 0.15) is 62.3 Å². The van der Waals surface area contributed by atoms with E-state index in [1.165, 1.54) is 6.07 Å². The number of hydrogen-bond acceptors (Lipinski definition) is 6. The van der Waals surface area contributed by atoms with E-state index in [0.717, 1.165) is 49.7 Å². The van der Waals surface area contributed by atoms with Gasteiger partial charge >= 0.3 is 0 Å². The van der Waals surface area contributed by atoms with Gasteiger partial charge in [-0.3, -0.25) is 14.7 Å². The van der Waals surface area contributed by atoms with Crippen LogP contribution in [0.15, 0.2) is 41.4 Å². The molecular weight excluding hydrogens is 431 g/mol. The second kappa shape index (κ2) is 10.3. The van der Waals surface area contributed by atoms with Gasteiger partial charge in [0.2, 0.25) is 0 Å². The molecule has 2 unspecified atom stereocenters. The zero-order chi connectivity index (χ0) is 24.3.